The van der Waals surface area contributed by atoms with Gasteiger partial charge in [0.2, 0.25) is 0 Å². The number of alkyl carbamates (subject to hydrolysis) is 1. The van der Waals surface area contributed by atoms with E-state index in [-0.39, 0.29) is 6.61 Å². The van der Waals surface area contributed by atoms with Gasteiger partial charge in [-0.2, -0.15) is 0 Å². The summed E-state index contributed by atoms with van der Waals surface area (Å²) in [4.78, 5) is 16.6. The summed E-state index contributed by atoms with van der Waals surface area (Å²) >= 11 is 1.53. The highest BCUT2D eigenvalue weighted by Crippen LogP contribution is 2.19. The fourth-order valence-electron chi connectivity index (χ4n) is 2.73. The van der Waals surface area contributed by atoms with Gasteiger partial charge in [0.05, 0.1) is 11.1 Å². The van der Waals surface area contributed by atoms with E-state index in [1.165, 1.54) is 11.8 Å². The molecule has 2 unspecified atom stereocenters. The van der Waals surface area contributed by atoms with E-state index in [1.807, 2.05) is 60.7 Å². The van der Waals surface area contributed by atoms with Crippen molar-refractivity contribution in [1.82, 2.24) is 5.32 Å². The van der Waals surface area contributed by atoms with Gasteiger partial charge in [-0.15, -0.1) is 11.8 Å². The SMILES string of the molecule is O=C(NC(Cc1ccccc1)C(O)C1=NCCS1)OCc1ccccc1. The maximum absolute atomic E-state index is 12.2. The summed E-state index contributed by atoms with van der Waals surface area (Å²) in [6.45, 7) is 0.893. The van der Waals surface area contributed by atoms with Gasteiger partial charge >= 0.3 is 6.09 Å². The number of rotatable bonds is 7. The number of aliphatic hydroxyl groups is 1. The van der Waals surface area contributed by atoms with Crippen LogP contribution in [0.3, 0.4) is 0 Å². The Kier molecular flexibility index (Phi) is 6.68. The predicted octanol–water partition coefficient (Wildman–Crippen LogP) is 3.03. The van der Waals surface area contributed by atoms with E-state index in [4.69, 9.17) is 4.74 Å². The molecule has 0 bridgehead atoms. The molecular formula is C20H22N2O3S. The molecule has 3 rings (SSSR count). The number of amides is 1. The number of ether oxygens (including phenoxy) is 1. The van der Waals surface area contributed by atoms with Gasteiger partial charge in [-0.25, -0.2) is 4.79 Å². The molecular weight excluding hydrogens is 348 g/mol. The quantitative estimate of drug-likeness (QED) is 0.786. The number of benzene rings is 2. The van der Waals surface area contributed by atoms with Crippen molar-refractivity contribution in [2.75, 3.05) is 12.3 Å². The van der Waals surface area contributed by atoms with Crippen LogP contribution in [0.4, 0.5) is 4.79 Å². The molecule has 1 heterocycles. The molecule has 0 spiro atoms. The van der Waals surface area contributed by atoms with Crippen molar-refractivity contribution >= 4 is 22.9 Å². The predicted molar refractivity (Wildman–Crippen MR) is 104 cm³/mol. The van der Waals surface area contributed by atoms with Gasteiger partial charge in [-0.3, -0.25) is 4.99 Å². The number of aliphatic imine (C=N–C) groups is 1. The summed E-state index contributed by atoms with van der Waals surface area (Å²) in [6.07, 6.45) is -0.883. The Morgan fingerprint density at radius 2 is 1.77 bits per heavy atom. The molecule has 1 aliphatic heterocycles. The number of nitrogens with zero attached hydrogens (tertiary/aromatic N) is 1. The molecule has 2 aromatic rings. The van der Waals surface area contributed by atoms with E-state index in [2.05, 4.69) is 10.3 Å². The highest BCUT2D eigenvalue weighted by Gasteiger charge is 2.28. The van der Waals surface area contributed by atoms with Crippen LogP contribution in [0.2, 0.25) is 0 Å². The molecule has 6 heteroatoms. The van der Waals surface area contributed by atoms with Gasteiger partial charge in [-0.1, -0.05) is 60.7 Å². The lowest BCUT2D eigenvalue weighted by molar-refractivity contribution is 0.122. The second kappa shape index (κ2) is 9.40. The van der Waals surface area contributed by atoms with Gasteiger partial charge in [0.25, 0.3) is 0 Å². The van der Waals surface area contributed by atoms with Crippen LogP contribution in [0.15, 0.2) is 65.7 Å². The summed E-state index contributed by atoms with van der Waals surface area (Å²) in [5.41, 5.74) is 1.95. The monoisotopic (exact) mass is 370 g/mol. The van der Waals surface area contributed by atoms with Crippen molar-refractivity contribution in [1.29, 1.82) is 0 Å². The minimum atomic E-state index is -0.841. The van der Waals surface area contributed by atoms with Crippen LogP contribution >= 0.6 is 11.8 Å². The van der Waals surface area contributed by atoms with Gasteiger partial charge < -0.3 is 15.2 Å². The normalized spacial score (nSPS) is 15.8. The molecule has 2 aromatic carbocycles. The molecule has 5 nitrogen and oxygen atoms in total. The van der Waals surface area contributed by atoms with Gasteiger partial charge in [0, 0.05) is 12.3 Å². The Morgan fingerprint density at radius 3 is 2.38 bits per heavy atom. The average Bonchev–Trinajstić information content (AvgIpc) is 3.22. The molecule has 2 atom stereocenters. The molecule has 0 fully saturated rings. The van der Waals surface area contributed by atoms with Gasteiger partial charge in [-0.05, 0) is 17.5 Å². The van der Waals surface area contributed by atoms with Crippen molar-refractivity contribution in [3.8, 4) is 0 Å². The van der Waals surface area contributed by atoms with Crippen molar-refractivity contribution in [2.24, 2.45) is 4.99 Å². The first-order valence-electron chi connectivity index (χ1n) is 8.59. The Labute approximate surface area is 157 Å². The smallest absolute Gasteiger partial charge is 0.407 e. The fraction of sp³-hybridized carbons (Fsp3) is 0.300. The first-order chi connectivity index (χ1) is 12.7. The zero-order valence-corrected chi connectivity index (χ0v) is 15.2. The Hall–Kier alpha value is -2.31. The molecule has 0 radical (unpaired) electrons. The lowest BCUT2D eigenvalue weighted by atomic mass is 10.0. The summed E-state index contributed by atoms with van der Waals surface area (Å²) in [5.74, 6) is 0.864. The van der Waals surface area contributed by atoms with E-state index >= 15 is 0 Å². The van der Waals surface area contributed by atoms with E-state index in [0.29, 0.717) is 18.0 Å². The number of carbonyl (C=O) groups is 1. The van der Waals surface area contributed by atoms with Crippen LogP contribution in [0.1, 0.15) is 11.1 Å². The lowest BCUT2D eigenvalue weighted by Crippen LogP contribution is -2.47. The van der Waals surface area contributed by atoms with E-state index in [0.717, 1.165) is 16.9 Å². The number of carbonyl (C=O) groups excluding carboxylic acids is 1. The standard InChI is InChI=1S/C20H22N2O3S/c23-18(19-21-11-12-26-19)17(13-15-7-3-1-4-8-15)22-20(24)25-14-16-9-5-2-6-10-16/h1-10,17-18,23H,11-14H2,(H,22,24). The number of nitrogens with one attached hydrogen (secondary N) is 1. The third-order valence-corrected chi connectivity index (χ3v) is 5.11. The molecule has 2 N–H and O–H groups in total. The Bertz CT molecular complexity index is 737. The lowest BCUT2D eigenvalue weighted by Gasteiger charge is -2.24. The maximum Gasteiger partial charge on any atom is 0.407 e. The third-order valence-electron chi connectivity index (χ3n) is 4.06. The van der Waals surface area contributed by atoms with E-state index in [1.54, 1.807) is 0 Å². The highest BCUT2D eigenvalue weighted by molar-refractivity contribution is 8.14. The minimum Gasteiger partial charge on any atom is -0.445 e. The number of thioether (sulfide) groups is 1. The second-order valence-corrected chi connectivity index (χ2v) is 7.13. The number of aliphatic hydroxyl groups excluding tert-OH is 1. The van der Waals surface area contributed by atoms with Crippen molar-refractivity contribution in [2.45, 2.75) is 25.2 Å². The van der Waals surface area contributed by atoms with Crippen LogP contribution in [0.25, 0.3) is 0 Å². The third kappa shape index (κ3) is 5.34. The topological polar surface area (TPSA) is 70.9 Å². The van der Waals surface area contributed by atoms with Crippen molar-refractivity contribution in [3.63, 3.8) is 0 Å². The van der Waals surface area contributed by atoms with E-state index in [9.17, 15) is 9.90 Å². The van der Waals surface area contributed by atoms with Crippen LogP contribution < -0.4 is 5.32 Å². The largest absolute Gasteiger partial charge is 0.445 e. The number of hydrogen-bond acceptors (Lipinski definition) is 5. The van der Waals surface area contributed by atoms with Gasteiger partial charge in [0.1, 0.15) is 12.7 Å². The van der Waals surface area contributed by atoms with Gasteiger partial charge in [0.15, 0.2) is 0 Å². The molecule has 0 saturated heterocycles. The summed E-state index contributed by atoms with van der Waals surface area (Å²) in [5, 5.41) is 14.2. The fourth-order valence-corrected chi connectivity index (χ4v) is 3.64. The zero-order valence-electron chi connectivity index (χ0n) is 14.4. The molecule has 0 aromatic heterocycles. The van der Waals surface area contributed by atoms with Crippen LogP contribution in [0.5, 0.6) is 0 Å². The molecule has 1 aliphatic rings. The zero-order chi connectivity index (χ0) is 18.2. The van der Waals surface area contributed by atoms with Crippen LogP contribution in [0, 0.1) is 0 Å². The van der Waals surface area contributed by atoms with Crippen LogP contribution in [-0.4, -0.2) is 40.7 Å². The summed E-state index contributed by atoms with van der Waals surface area (Å²) < 4.78 is 5.30. The minimum absolute atomic E-state index is 0.191. The Balaban J connectivity index is 1.63. The van der Waals surface area contributed by atoms with Crippen molar-refractivity contribution < 1.29 is 14.6 Å². The Morgan fingerprint density at radius 1 is 1.12 bits per heavy atom. The number of hydrogen-bond donors (Lipinski definition) is 2. The van der Waals surface area contributed by atoms with E-state index < -0.39 is 18.2 Å². The second-order valence-electron chi connectivity index (χ2n) is 6.02. The first kappa shape index (κ1) is 18.5. The first-order valence-corrected chi connectivity index (χ1v) is 9.57. The molecule has 136 valence electrons. The molecule has 0 saturated carbocycles. The van der Waals surface area contributed by atoms with Crippen LogP contribution in [-0.2, 0) is 17.8 Å². The van der Waals surface area contributed by atoms with Crippen molar-refractivity contribution in [3.05, 3.63) is 71.8 Å². The average molecular weight is 370 g/mol. The summed E-state index contributed by atoms with van der Waals surface area (Å²) in [6, 6.07) is 18.8. The molecule has 26 heavy (non-hydrogen) atoms. The molecule has 0 aliphatic carbocycles. The molecule has 1 amide bonds. The summed E-state index contributed by atoms with van der Waals surface area (Å²) in [7, 11) is 0. The maximum atomic E-state index is 12.2. The highest BCUT2D eigenvalue weighted by atomic mass is 32.2.